The predicted octanol–water partition coefficient (Wildman–Crippen LogP) is 6.96. The molecule has 4 rings (SSSR count). The molecule has 17 heteroatoms. The van der Waals surface area contributed by atoms with Gasteiger partial charge < -0.3 is 39.9 Å². The van der Waals surface area contributed by atoms with Crippen LogP contribution in [0.2, 0.25) is 0 Å². The van der Waals surface area contributed by atoms with Gasteiger partial charge in [0.15, 0.2) is 17.8 Å². The first-order chi connectivity index (χ1) is 27.1. The minimum atomic E-state index is -4.79. The lowest BCUT2D eigenvalue weighted by molar-refractivity contribution is -0.0651. The molecule has 0 amide bonds. The van der Waals surface area contributed by atoms with Crippen molar-refractivity contribution in [2.24, 2.45) is 0 Å². The third-order valence-corrected chi connectivity index (χ3v) is 10.8. The van der Waals surface area contributed by atoms with Crippen molar-refractivity contribution in [2.75, 3.05) is 32.2 Å². The lowest BCUT2D eigenvalue weighted by Crippen LogP contribution is -2.41. The average molecular weight is 800 g/mol. The number of pyridine rings is 1. The zero-order chi connectivity index (χ0) is 40.2. The number of nitrogen functional groups attached to an aromatic ring is 1. The number of anilines is 1. The molecule has 0 aromatic carbocycles. The fourth-order valence-electron chi connectivity index (χ4n) is 6.72. The lowest BCUT2D eigenvalue weighted by Gasteiger charge is -2.24. The molecular weight excluding hydrogens is 741 g/mol. The Morgan fingerprint density at radius 3 is 2.20 bits per heavy atom. The molecule has 4 heterocycles. The van der Waals surface area contributed by atoms with Crippen LogP contribution in [0.25, 0.3) is 10.4 Å². The molecule has 0 aliphatic carbocycles. The maximum Gasteiger partial charge on any atom is 0.472 e. The summed E-state index contributed by atoms with van der Waals surface area (Å²) in [7, 11) is -4.79. The highest BCUT2D eigenvalue weighted by Crippen LogP contribution is 2.46. The van der Waals surface area contributed by atoms with Crippen molar-refractivity contribution < 1.29 is 42.9 Å². The number of phosphoric ester groups is 1. The van der Waals surface area contributed by atoms with Crippen molar-refractivity contribution in [2.45, 2.75) is 140 Å². The van der Waals surface area contributed by atoms with Crippen LogP contribution in [0, 0.1) is 17.9 Å². The van der Waals surface area contributed by atoms with Crippen LogP contribution >= 0.6 is 7.82 Å². The second kappa shape index (κ2) is 23.5. The van der Waals surface area contributed by atoms with Gasteiger partial charge in [-0.3, -0.25) is 9.05 Å². The second-order valence-corrected chi connectivity index (χ2v) is 15.7. The smallest absolute Gasteiger partial charge is 0.472 e. The highest BCUT2D eigenvalue weighted by Gasteiger charge is 2.58. The number of aromatic nitrogens is 4. The zero-order valence-electron chi connectivity index (χ0n) is 32.4. The number of fused-ring (bicyclic) bond motifs is 1. The van der Waals surface area contributed by atoms with Gasteiger partial charge in [-0.05, 0) is 30.7 Å². The Morgan fingerprint density at radius 2 is 1.61 bits per heavy atom. The molecular formula is C39H58N7O9P. The molecule has 5 N–H and O–H groups in total. The number of aliphatic hydroxyl groups is 2. The molecule has 6 atom stereocenters. The Morgan fingerprint density at radius 1 is 0.964 bits per heavy atom. The van der Waals surface area contributed by atoms with E-state index in [9.17, 15) is 24.9 Å². The summed E-state index contributed by atoms with van der Waals surface area (Å²) in [5, 5.41) is 36.0. The van der Waals surface area contributed by atoms with E-state index in [1.807, 2.05) is 6.07 Å². The topological polar surface area (TPSA) is 221 Å². The summed E-state index contributed by atoms with van der Waals surface area (Å²) in [6.45, 7) is 8.74. The maximum absolute atomic E-state index is 13.0. The van der Waals surface area contributed by atoms with Crippen molar-refractivity contribution in [1.82, 2.24) is 19.6 Å². The molecule has 0 saturated carbocycles. The number of unbranched alkanes of at least 4 members (excludes halogenated alkanes) is 15. The van der Waals surface area contributed by atoms with Crippen molar-refractivity contribution >= 4 is 25.0 Å². The molecule has 56 heavy (non-hydrogen) atoms. The molecule has 308 valence electrons. The number of rotatable bonds is 28. The fourth-order valence-corrected chi connectivity index (χ4v) is 7.48. The standard InChI is InChI=1S/C39H58N7O9P/c1-3-4-5-6-7-8-9-10-11-12-13-14-15-16-17-18-23-51-25-31(54-30-19-22-35(42-2)43-24-30)26-52-56(49,50)53-27-33-36(47)37(48)39(28-40,55-33)34-21-20-32-38(41)44-29-45-46(32)34/h19-22,24,29,31,33,36-37,47-48H,3-18,23,25-27H2,1H3,(H,49,50)(H2,41,44,45)/t31-,33-,36-,37-,39+/m1/s1. The summed E-state index contributed by atoms with van der Waals surface area (Å²) in [5.74, 6) is 0.609. The van der Waals surface area contributed by atoms with Crippen LogP contribution in [-0.4, -0.2) is 85.5 Å². The molecule has 1 aliphatic rings. The minimum Gasteiger partial charge on any atom is -0.482 e. The second-order valence-electron chi connectivity index (χ2n) is 14.2. The molecule has 3 aromatic heterocycles. The van der Waals surface area contributed by atoms with Gasteiger partial charge in [0.25, 0.3) is 5.82 Å². The molecule has 0 spiro atoms. The number of hydrogen-bond acceptors (Lipinski definition) is 13. The summed E-state index contributed by atoms with van der Waals surface area (Å²) in [4.78, 5) is 21.7. The third kappa shape index (κ3) is 13.5. The van der Waals surface area contributed by atoms with Gasteiger partial charge in [0.2, 0.25) is 5.60 Å². The van der Waals surface area contributed by atoms with Gasteiger partial charge in [-0.1, -0.05) is 110 Å². The molecule has 0 radical (unpaired) electrons. The summed E-state index contributed by atoms with van der Waals surface area (Å²) >= 11 is 0. The highest BCUT2D eigenvalue weighted by atomic mass is 31.2. The average Bonchev–Trinajstić information content (AvgIpc) is 3.75. The number of nitrogens with zero attached hydrogens (tertiary/aromatic N) is 6. The van der Waals surface area contributed by atoms with Gasteiger partial charge in [-0.15, -0.1) is 4.98 Å². The summed E-state index contributed by atoms with van der Waals surface area (Å²) < 4.78 is 42.2. The van der Waals surface area contributed by atoms with E-state index >= 15 is 0 Å². The number of ether oxygens (including phenoxy) is 3. The summed E-state index contributed by atoms with van der Waals surface area (Å²) in [6, 6.07) is 7.93. The van der Waals surface area contributed by atoms with E-state index in [1.165, 1.54) is 112 Å². The predicted molar refractivity (Wildman–Crippen MR) is 209 cm³/mol. The van der Waals surface area contributed by atoms with Gasteiger partial charge in [0.05, 0.1) is 25.5 Å². The van der Waals surface area contributed by atoms with E-state index in [4.69, 9.17) is 35.6 Å². The Balaban J connectivity index is 1.18. The van der Waals surface area contributed by atoms with Crippen LogP contribution in [-0.2, 0) is 28.7 Å². The van der Waals surface area contributed by atoms with E-state index in [1.54, 1.807) is 6.07 Å². The first-order valence-corrected chi connectivity index (χ1v) is 21.4. The number of hydrogen-bond donors (Lipinski definition) is 4. The van der Waals surface area contributed by atoms with E-state index in [2.05, 4.69) is 26.8 Å². The van der Waals surface area contributed by atoms with Gasteiger partial charge in [-0.2, -0.15) is 10.4 Å². The van der Waals surface area contributed by atoms with Crippen LogP contribution in [0.15, 0.2) is 36.8 Å². The van der Waals surface area contributed by atoms with Crippen molar-refractivity contribution in [3.05, 3.63) is 53.9 Å². The van der Waals surface area contributed by atoms with Crippen molar-refractivity contribution in [3.8, 4) is 11.8 Å². The Hall–Kier alpha value is -3.70. The molecule has 1 fully saturated rings. The van der Waals surface area contributed by atoms with Crippen molar-refractivity contribution in [1.29, 1.82) is 5.26 Å². The third-order valence-electron chi connectivity index (χ3n) is 9.90. The zero-order valence-corrected chi connectivity index (χ0v) is 33.3. The molecule has 1 saturated heterocycles. The van der Waals surface area contributed by atoms with Gasteiger partial charge in [0.1, 0.15) is 42.3 Å². The summed E-state index contributed by atoms with van der Waals surface area (Å²) in [6.07, 6.45) is 17.1. The number of nitrogens with two attached hydrogens (primary N) is 1. The number of nitriles is 1. The summed E-state index contributed by atoms with van der Waals surface area (Å²) in [5.41, 5.74) is 4.21. The van der Waals surface area contributed by atoms with E-state index < -0.39 is 51.1 Å². The maximum atomic E-state index is 13.0. The van der Waals surface area contributed by atoms with E-state index in [-0.39, 0.29) is 23.9 Å². The Kier molecular flexibility index (Phi) is 18.9. The van der Waals surface area contributed by atoms with Gasteiger partial charge in [-0.25, -0.2) is 14.1 Å². The van der Waals surface area contributed by atoms with Crippen LogP contribution in [0.1, 0.15) is 115 Å². The van der Waals surface area contributed by atoms with Crippen molar-refractivity contribution in [3.63, 3.8) is 0 Å². The SMILES string of the molecule is [C-]#[N+]c1ccc(O[C@H](COCCCCCCCCCCCCCCCCCC)COP(=O)(O)OC[C@H]2O[C@@](C#N)(c3ccc4c(N)ncnn34)[C@H](O)[C@@H]2O)cn1. The first-order valence-electron chi connectivity index (χ1n) is 19.9. The van der Waals surface area contributed by atoms with E-state index in [0.717, 1.165) is 25.6 Å². The van der Waals surface area contributed by atoms with E-state index in [0.29, 0.717) is 17.9 Å². The van der Waals surface area contributed by atoms with Crippen LogP contribution < -0.4 is 10.5 Å². The number of phosphoric acid groups is 1. The monoisotopic (exact) mass is 799 g/mol. The lowest BCUT2D eigenvalue weighted by atomic mass is 9.92. The molecule has 1 unspecified atom stereocenters. The molecule has 0 bridgehead atoms. The Labute approximate surface area is 329 Å². The van der Waals surface area contributed by atoms with Crippen LogP contribution in [0.5, 0.6) is 5.75 Å². The number of aliphatic hydroxyl groups excluding tert-OH is 2. The van der Waals surface area contributed by atoms with Gasteiger partial charge in [0, 0.05) is 6.61 Å². The quantitative estimate of drug-likeness (QED) is 0.0332. The molecule has 16 nitrogen and oxygen atoms in total. The van der Waals surface area contributed by atoms with Gasteiger partial charge >= 0.3 is 7.82 Å². The Bertz CT molecular complexity index is 1730. The largest absolute Gasteiger partial charge is 0.482 e. The van der Waals surface area contributed by atoms with Crippen LogP contribution in [0.3, 0.4) is 0 Å². The first kappa shape index (κ1) is 45.0. The minimum absolute atomic E-state index is 0.0317. The molecule has 3 aromatic rings. The normalized spacial score (nSPS) is 21.1. The fraction of sp³-hybridized carbons (Fsp3) is 0.667. The highest BCUT2D eigenvalue weighted by molar-refractivity contribution is 7.47. The van der Waals surface area contributed by atoms with Crippen LogP contribution in [0.4, 0.5) is 11.6 Å². The molecule has 1 aliphatic heterocycles.